The molecule has 3 rings (SSSR count). The van der Waals surface area contributed by atoms with Gasteiger partial charge in [0.1, 0.15) is 0 Å². The van der Waals surface area contributed by atoms with Crippen molar-refractivity contribution in [2.45, 2.75) is 13.8 Å². The van der Waals surface area contributed by atoms with E-state index in [0.29, 0.717) is 16.8 Å². The number of para-hydroxylation sites is 1. The molecule has 0 saturated heterocycles. The zero-order valence-corrected chi connectivity index (χ0v) is 16.6. The fourth-order valence-electron chi connectivity index (χ4n) is 2.60. The Morgan fingerprint density at radius 3 is 2.19 bits per heavy atom. The number of aryl methyl sites for hydroxylation is 2. The van der Waals surface area contributed by atoms with Gasteiger partial charge in [-0.25, -0.2) is 0 Å². The van der Waals surface area contributed by atoms with Gasteiger partial charge in [0.05, 0.1) is 11.3 Å². The average molecular weight is 423 g/mol. The third-order valence-corrected chi connectivity index (χ3v) is 4.82. The van der Waals surface area contributed by atoms with Gasteiger partial charge in [-0.1, -0.05) is 34.1 Å². The topological polar surface area (TPSA) is 58.2 Å². The van der Waals surface area contributed by atoms with Gasteiger partial charge in [0.25, 0.3) is 11.8 Å². The zero-order valence-electron chi connectivity index (χ0n) is 15.0. The number of anilines is 2. The summed E-state index contributed by atoms with van der Waals surface area (Å²) >= 11 is 3.35. The molecule has 0 aliphatic carbocycles. The molecule has 0 unspecified atom stereocenters. The van der Waals surface area contributed by atoms with Crippen LogP contribution in [0.1, 0.15) is 31.8 Å². The highest BCUT2D eigenvalue weighted by Crippen LogP contribution is 2.20. The van der Waals surface area contributed by atoms with Gasteiger partial charge in [-0.05, 0) is 73.5 Å². The summed E-state index contributed by atoms with van der Waals surface area (Å²) in [5, 5.41) is 5.71. The van der Waals surface area contributed by atoms with E-state index in [9.17, 15) is 9.59 Å². The maximum absolute atomic E-state index is 12.7. The van der Waals surface area contributed by atoms with Crippen LogP contribution in [0.2, 0.25) is 0 Å². The number of benzene rings is 3. The van der Waals surface area contributed by atoms with Crippen LogP contribution in [0.25, 0.3) is 0 Å². The second-order valence-corrected chi connectivity index (χ2v) is 7.18. The van der Waals surface area contributed by atoms with Crippen molar-refractivity contribution in [1.29, 1.82) is 0 Å². The Balaban J connectivity index is 1.80. The molecule has 5 heteroatoms. The Kier molecular flexibility index (Phi) is 5.72. The molecule has 0 radical (unpaired) electrons. The monoisotopic (exact) mass is 422 g/mol. The first kappa shape index (κ1) is 18.9. The average Bonchev–Trinajstić information content (AvgIpc) is 2.65. The highest BCUT2D eigenvalue weighted by atomic mass is 79.9. The molecule has 0 heterocycles. The van der Waals surface area contributed by atoms with Crippen LogP contribution in [0.3, 0.4) is 0 Å². The van der Waals surface area contributed by atoms with E-state index < -0.39 is 0 Å². The molecule has 27 heavy (non-hydrogen) atoms. The number of hydrogen-bond acceptors (Lipinski definition) is 2. The highest BCUT2D eigenvalue weighted by molar-refractivity contribution is 9.10. The van der Waals surface area contributed by atoms with Gasteiger partial charge < -0.3 is 10.6 Å². The van der Waals surface area contributed by atoms with Gasteiger partial charge in [-0.3, -0.25) is 9.59 Å². The summed E-state index contributed by atoms with van der Waals surface area (Å²) in [5.74, 6) is -0.543. The first-order valence-corrected chi connectivity index (χ1v) is 9.28. The molecule has 0 aliphatic rings. The molecule has 2 amide bonds. The molecule has 0 aromatic heterocycles. The Morgan fingerprint density at radius 2 is 1.48 bits per heavy atom. The van der Waals surface area contributed by atoms with Gasteiger partial charge in [-0.2, -0.15) is 0 Å². The number of amides is 2. The fraction of sp³-hybridized carbons (Fsp3) is 0.0909. The van der Waals surface area contributed by atoms with Crippen molar-refractivity contribution in [3.8, 4) is 0 Å². The summed E-state index contributed by atoms with van der Waals surface area (Å²) in [7, 11) is 0. The number of hydrogen-bond donors (Lipinski definition) is 2. The lowest BCUT2D eigenvalue weighted by atomic mass is 10.1. The minimum absolute atomic E-state index is 0.270. The van der Waals surface area contributed by atoms with Crippen molar-refractivity contribution in [2.24, 2.45) is 0 Å². The molecule has 3 aromatic carbocycles. The quantitative estimate of drug-likeness (QED) is 0.577. The Bertz CT molecular complexity index is 997. The molecule has 136 valence electrons. The number of halogens is 1. The molecular formula is C22H19BrN2O2. The fourth-order valence-corrected chi connectivity index (χ4v) is 2.87. The minimum Gasteiger partial charge on any atom is -0.322 e. The number of nitrogens with one attached hydrogen (secondary N) is 2. The molecule has 3 aromatic rings. The number of carbonyl (C=O) groups excluding carboxylic acids is 2. The number of carbonyl (C=O) groups is 2. The van der Waals surface area contributed by atoms with E-state index in [1.54, 1.807) is 48.5 Å². The van der Waals surface area contributed by atoms with Gasteiger partial charge in [-0.15, -0.1) is 0 Å². The van der Waals surface area contributed by atoms with Crippen LogP contribution in [0.15, 0.2) is 71.2 Å². The van der Waals surface area contributed by atoms with Crippen molar-refractivity contribution in [3.05, 3.63) is 93.5 Å². The second-order valence-electron chi connectivity index (χ2n) is 6.26. The van der Waals surface area contributed by atoms with Gasteiger partial charge in [0.2, 0.25) is 0 Å². The van der Waals surface area contributed by atoms with Crippen LogP contribution >= 0.6 is 15.9 Å². The lowest BCUT2D eigenvalue weighted by molar-refractivity contribution is 0.102. The maximum Gasteiger partial charge on any atom is 0.257 e. The molecule has 0 spiro atoms. The van der Waals surface area contributed by atoms with Crippen LogP contribution in [-0.4, -0.2) is 11.8 Å². The Hall–Kier alpha value is -2.92. The van der Waals surface area contributed by atoms with Crippen molar-refractivity contribution in [2.75, 3.05) is 10.6 Å². The predicted molar refractivity (Wildman–Crippen MR) is 112 cm³/mol. The summed E-state index contributed by atoms with van der Waals surface area (Å²) in [6.45, 7) is 4.02. The SMILES string of the molecule is Cc1ccc(NC(=O)c2ccccc2NC(=O)c2ccc(Br)cc2)cc1C. The lowest BCUT2D eigenvalue weighted by Gasteiger charge is -2.12. The molecule has 0 fully saturated rings. The van der Waals surface area contributed by atoms with Gasteiger partial charge >= 0.3 is 0 Å². The van der Waals surface area contributed by atoms with Crippen molar-refractivity contribution >= 4 is 39.1 Å². The summed E-state index contributed by atoms with van der Waals surface area (Å²) in [6.07, 6.45) is 0. The van der Waals surface area contributed by atoms with E-state index in [0.717, 1.165) is 21.3 Å². The van der Waals surface area contributed by atoms with Gasteiger partial charge in [0.15, 0.2) is 0 Å². The highest BCUT2D eigenvalue weighted by Gasteiger charge is 2.14. The van der Waals surface area contributed by atoms with Crippen LogP contribution in [0, 0.1) is 13.8 Å². The largest absolute Gasteiger partial charge is 0.322 e. The normalized spacial score (nSPS) is 10.3. The van der Waals surface area contributed by atoms with E-state index in [4.69, 9.17) is 0 Å². The first-order valence-electron chi connectivity index (χ1n) is 8.48. The third-order valence-electron chi connectivity index (χ3n) is 4.29. The third kappa shape index (κ3) is 4.63. The second kappa shape index (κ2) is 8.18. The van der Waals surface area contributed by atoms with Gasteiger partial charge in [0, 0.05) is 15.7 Å². The van der Waals surface area contributed by atoms with E-state index in [2.05, 4.69) is 26.6 Å². The molecular weight excluding hydrogens is 404 g/mol. The van der Waals surface area contributed by atoms with E-state index in [-0.39, 0.29) is 11.8 Å². The molecule has 0 aliphatic heterocycles. The van der Waals surface area contributed by atoms with Crippen molar-refractivity contribution in [3.63, 3.8) is 0 Å². The maximum atomic E-state index is 12.7. The lowest BCUT2D eigenvalue weighted by Crippen LogP contribution is -2.18. The Labute approximate surface area is 166 Å². The first-order chi connectivity index (χ1) is 12.9. The summed E-state index contributed by atoms with van der Waals surface area (Å²) in [4.78, 5) is 25.2. The molecule has 0 bridgehead atoms. The summed E-state index contributed by atoms with van der Waals surface area (Å²) < 4.78 is 0.896. The molecule has 2 N–H and O–H groups in total. The van der Waals surface area contributed by atoms with Crippen LogP contribution in [0.4, 0.5) is 11.4 Å². The van der Waals surface area contributed by atoms with Crippen LogP contribution in [-0.2, 0) is 0 Å². The predicted octanol–water partition coefficient (Wildman–Crippen LogP) is 5.57. The smallest absolute Gasteiger partial charge is 0.257 e. The Morgan fingerprint density at radius 1 is 0.778 bits per heavy atom. The standard InChI is InChI=1S/C22H19BrN2O2/c1-14-7-12-18(13-15(14)2)24-22(27)19-5-3-4-6-20(19)25-21(26)16-8-10-17(23)11-9-16/h3-13H,1-2H3,(H,24,27)(H,25,26). The van der Waals surface area contributed by atoms with Crippen molar-refractivity contribution < 1.29 is 9.59 Å². The minimum atomic E-state index is -0.273. The number of rotatable bonds is 4. The van der Waals surface area contributed by atoms with Crippen LogP contribution < -0.4 is 10.6 Å². The van der Waals surface area contributed by atoms with Crippen molar-refractivity contribution in [1.82, 2.24) is 0 Å². The molecule has 0 saturated carbocycles. The molecule has 4 nitrogen and oxygen atoms in total. The molecule has 0 atom stereocenters. The van der Waals surface area contributed by atoms with E-state index >= 15 is 0 Å². The van der Waals surface area contributed by atoms with E-state index in [1.165, 1.54) is 0 Å². The van der Waals surface area contributed by atoms with Crippen LogP contribution in [0.5, 0.6) is 0 Å². The zero-order chi connectivity index (χ0) is 19.4. The van der Waals surface area contributed by atoms with E-state index in [1.807, 2.05) is 32.0 Å². The summed E-state index contributed by atoms with van der Waals surface area (Å²) in [6, 6.07) is 19.7. The summed E-state index contributed by atoms with van der Waals surface area (Å²) in [5.41, 5.74) is 4.37.